The normalized spacial score (nSPS) is 10.7. The number of nitrogens with zero attached hydrogens (tertiary/aromatic N) is 1. The summed E-state index contributed by atoms with van der Waals surface area (Å²) in [5.74, 6) is 0.405. The van der Waals surface area contributed by atoms with Crippen molar-refractivity contribution in [1.29, 1.82) is 0 Å². The van der Waals surface area contributed by atoms with Crippen LogP contribution in [0.1, 0.15) is 29.7 Å². The van der Waals surface area contributed by atoms with Gasteiger partial charge in [0.15, 0.2) is 0 Å². The Kier molecular flexibility index (Phi) is 8.53. The predicted molar refractivity (Wildman–Crippen MR) is 141 cm³/mol. The molecule has 0 fully saturated rings. The molecule has 0 aliphatic heterocycles. The summed E-state index contributed by atoms with van der Waals surface area (Å²) in [6, 6.07) is 24.7. The zero-order valence-electron chi connectivity index (χ0n) is 20.0. The van der Waals surface area contributed by atoms with Gasteiger partial charge in [-0.05, 0) is 66.4 Å². The maximum absolute atomic E-state index is 12.5. The molecular weight excluding hydrogens is 476 g/mol. The van der Waals surface area contributed by atoms with E-state index < -0.39 is 0 Å². The molecule has 1 aromatic heterocycles. The second-order valence-corrected chi connectivity index (χ2v) is 8.86. The van der Waals surface area contributed by atoms with Crippen LogP contribution in [0.25, 0.3) is 10.9 Å². The first-order valence-corrected chi connectivity index (χ1v) is 12.1. The van der Waals surface area contributed by atoms with Crippen molar-refractivity contribution >= 4 is 40.1 Å². The highest BCUT2D eigenvalue weighted by molar-refractivity contribution is 6.31. The van der Waals surface area contributed by atoms with Gasteiger partial charge in [0.2, 0.25) is 5.91 Å². The van der Waals surface area contributed by atoms with Crippen LogP contribution in [0, 0.1) is 0 Å². The number of anilines is 1. The summed E-state index contributed by atoms with van der Waals surface area (Å²) in [5, 5.41) is 4.59. The van der Waals surface area contributed by atoms with E-state index in [-0.39, 0.29) is 18.3 Å². The number of aryl methyl sites for hydroxylation is 1. The van der Waals surface area contributed by atoms with Gasteiger partial charge in [0, 0.05) is 22.5 Å². The van der Waals surface area contributed by atoms with Gasteiger partial charge in [0.05, 0.1) is 24.7 Å². The number of methoxy groups -OCH3 is 1. The number of esters is 1. The molecule has 0 aliphatic rings. The Morgan fingerprint density at radius 3 is 2.39 bits per heavy atom. The molecule has 1 amide bonds. The molecule has 0 aliphatic carbocycles. The summed E-state index contributed by atoms with van der Waals surface area (Å²) in [4.78, 5) is 28.3. The van der Waals surface area contributed by atoms with Gasteiger partial charge in [-0.3, -0.25) is 9.59 Å². The van der Waals surface area contributed by atoms with Crippen LogP contribution in [-0.4, -0.2) is 24.0 Å². The zero-order valence-corrected chi connectivity index (χ0v) is 20.8. The number of hydrogen-bond donors (Lipinski definition) is 1. The zero-order chi connectivity index (χ0) is 25.3. The number of ether oxygens (including phenoxy) is 2. The van der Waals surface area contributed by atoms with Crippen molar-refractivity contribution in [2.24, 2.45) is 0 Å². The molecule has 4 aromatic rings. The smallest absolute Gasteiger partial charge is 0.305 e. The standard InChI is InChI=1S/C29H27ClN2O4/c1-35-29(34)4-2-3-20-5-12-24(13-6-20)32-28(33)17-21-7-15-26(16-8-21)36-19-25-14-10-22-9-11-23(30)18-27(22)31-25/h5-16,18H,2-4,17,19H2,1H3,(H,32,33). The van der Waals surface area contributed by atoms with E-state index in [4.69, 9.17) is 16.3 Å². The van der Waals surface area contributed by atoms with E-state index in [1.54, 1.807) is 0 Å². The first kappa shape index (κ1) is 25.2. The highest BCUT2D eigenvalue weighted by Gasteiger charge is 2.07. The molecule has 0 saturated carbocycles. The number of halogens is 1. The van der Waals surface area contributed by atoms with Gasteiger partial charge in [-0.15, -0.1) is 0 Å². The molecule has 0 spiro atoms. The van der Waals surface area contributed by atoms with E-state index in [1.807, 2.05) is 78.9 Å². The van der Waals surface area contributed by atoms with E-state index in [0.29, 0.717) is 23.8 Å². The minimum absolute atomic E-state index is 0.0962. The number of carbonyl (C=O) groups is 2. The molecule has 1 heterocycles. The topological polar surface area (TPSA) is 77.5 Å². The van der Waals surface area contributed by atoms with Crippen molar-refractivity contribution in [3.8, 4) is 5.75 Å². The van der Waals surface area contributed by atoms with Crippen molar-refractivity contribution < 1.29 is 19.1 Å². The summed E-state index contributed by atoms with van der Waals surface area (Å²) < 4.78 is 10.5. The van der Waals surface area contributed by atoms with Crippen molar-refractivity contribution in [3.05, 3.63) is 101 Å². The van der Waals surface area contributed by atoms with Crippen LogP contribution in [0.2, 0.25) is 5.02 Å². The van der Waals surface area contributed by atoms with Gasteiger partial charge in [-0.25, -0.2) is 4.98 Å². The Labute approximate surface area is 215 Å². The Morgan fingerprint density at radius 1 is 0.917 bits per heavy atom. The van der Waals surface area contributed by atoms with Gasteiger partial charge >= 0.3 is 5.97 Å². The van der Waals surface area contributed by atoms with E-state index >= 15 is 0 Å². The average Bonchev–Trinajstić information content (AvgIpc) is 2.89. The fourth-order valence-electron chi connectivity index (χ4n) is 3.76. The number of carbonyl (C=O) groups excluding carboxylic acids is 2. The molecule has 0 radical (unpaired) electrons. The molecule has 1 N–H and O–H groups in total. The Balaban J connectivity index is 1.24. The van der Waals surface area contributed by atoms with Gasteiger partial charge in [-0.1, -0.05) is 48.0 Å². The molecule has 4 rings (SSSR count). The van der Waals surface area contributed by atoms with Crippen LogP contribution in [-0.2, 0) is 33.8 Å². The van der Waals surface area contributed by atoms with E-state index in [0.717, 1.165) is 46.3 Å². The largest absolute Gasteiger partial charge is 0.487 e. The predicted octanol–water partition coefficient (Wildman–Crippen LogP) is 6.14. The van der Waals surface area contributed by atoms with Gasteiger partial charge in [0.1, 0.15) is 12.4 Å². The monoisotopic (exact) mass is 502 g/mol. The third-order valence-electron chi connectivity index (χ3n) is 5.70. The summed E-state index contributed by atoms with van der Waals surface area (Å²) >= 11 is 6.06. The maximum atomic E-state index is 12.5. The average molecular weight is 503 g/mol. The summed E-state index contributed by atoms with van der Waals surface area (Å²) in [6.07, 6.45) is 2.16. The molecular formula is C29H27ClN2O4. The molecule has 3 aromatic carbocycles. The molecule has 184 valence electrons. The van der Waals surface area contributed by atoms with Crippen molar-refractivity contribution in [1.82, 2.24) is 4.98 Å². The van der Waals surface area contributed by atoms with Gasteiger partial charge < -0.3 is 14.8 Å². The number of pyridine rings is 1. The van der Waals surface area contributed by atoms with Crippen LogP contribution in [0.3, 0.4) is 0 Å². The number of fused-ring (bicyclic) bond motifs is 1. The van der Waals surface area contributed by atoms with Crippen molar-refractivity contribution in [2.45, 2.75) is 32.3 Å². The van der Waals surface area contributed by atoms with Gasteiger partial charge in [0.25, 0.3) is 0 Å². The number of rotatable bonds is 10. The number of hydrogen-bond acceptors (Lipinski definition) is 5. The molecule has 36 heavy (non-hydrogen) atoms. The summed E-state index contributed by atoms with van der Waals surface area (Å²) in [5.41, 5.74) is 4.37. The Morgan fingerprint density at radius 2 is 1.64 bits per heavy atom. The number of benzene rings is 3. The maximum Gasteiger partial charge on any atom is 0.305 e. The van der Waals surface area contributed by atoms with Gasteiger partial charge in [-0.2, -0.15) is 0 Å². The molecule has 6 nitrogen and oxygen atoms in total. The minimum atomic E-state index is -0.203. The van der Waals surface area contributed by atoms with Crippen molar-refractivity contribution in [2.75, 3.05) is 12.4 Å². The summed E-state index contributed by atoms with van der Waals surface area (Å²) in [6.45, 7) is 0.334. The SMILES string of the molecule is COC(=O)CCCc1ccc(NC(=O)Cc2ccc(OCc3ccc4ccc(Cl)cc4n3)cc2)cc1. The van der Waals surface area contributed by atoms with Crippen LogP contribution in [0.4, 0.5) is 5.69 Å². The summed E-state index contributed by atoms with van der Waals surface area (Å²) in [7, 11) is 1.39. The first-order valence-electron chi connectivity index (χ1n) is 11.7. The molecule has 7 heteroatoms. The lowest BCUT2D eigenvalue weighted by molar-refractivity contribution is -0.140. The molecule has 0 bridgehead atoms. The second-order valence-electron chi connectivity index (χ2n) is 8.42. The lowest BCUT2D eigenvalue weighted by atomic mass is 10.1. The van der Waals surface area contributed by atoms with Crippen LogP contribution < -0.4 is 10.1 Å². The lowest BCUT2D eigenvalue weighted by Crippen LogP contribution is -2.14. The first-order chi connectivity index (χ1) is 17.5. The van der Waals surface area contributed by atoms with Crippen molar-refractivity contribution in [3.63, 3.8) is 0 Å². The number of aromatic nitrogens is 1. The molecule has 0 saturated heterocycles. The Hall–Kier alpha value is -3.90. The third-order valence-corrected chi connectivity index (χ3v) is 5.93. The fourth-order valence-corrected chi connectivity index (χ4v) is 3.92. The second kappa shape index (κ2) is 12.2. The fraction of sp³-hybridized carbons (Fsp3) is 0.207. The lowest BCUT2D eigenvalue weighted by Gasteiger charge is -2.09. The quantitative estimate of drug-likeness (QED) is 0.263. The number of nitrogens with one attached hydrogen (secondary N) is 1. The van der Waals surface area contributed by atoms with E-state index in [9.17, 15) is 9.59 Å². The van der Waals surface area contributed by atoms with E-state index in [1.165, 1.54) is 7.11 Å². The van der Waals surface area contributed by atoms with Crippen LogP contribution >= 0.6 is 11.6 Å². The Bertz CT molecular complexity index is 1340. The minimum Gasteiger partial charge on any atom is -0.487 e. The van der Waals surface area contributed by atoms with Crippen LogP contribution in [0.15, 0.2) is 78.9 Å². The molecule has 0 unspecified atom stereocenters. The van der Waals surface area contributed by atoms with E-state index in [2.05, 4.69) is 15.0 Å². The highest BCUT2D eigenvalue weighted by Crippen LogP contribution is 2.20. The molecule has 0 atom stereocenters. The van der Waals surface area contributed by atoms with Crippen LogP contribution in [0.5, 0.6) is 5.75 Å². The third kappa shape index (κ3) is 7.30. The highest BCUT2D eigenvalue weighted by atomic mass is 35.5. The number of amides is 1.